The van der Waals surface area contributed by atoms with Crippen LogP contribution in [0.3, 0.4) is 0 Å². The summed E-state index contributed by atoms with van der Waals surface area (Å²) in [4.78, 5) is 38.2. The quantitative estimate of drug-likeness (QED) is 0.840. The summed E-state index contributed by atoms with van der Waals surface area (Å²) in [6.07, 6.45) is 0. The molecule has 0 aliphatic carbocycles. The SMILES string of the molecule is COC(=O)c1c(C)[nH]c(C(=O)OCCn2c(C)csc2=O)c1C. The van der Waals surface area contributed by atoms with Crippen LogP contribution >= 0.6 is 11.3 Å². The number of nitrogens with zero attached hydrogens (tertiary/aromatic N) is 1. The number of carbonyl (C=O) groups excluding carboxylic acids is 2. The van der Waals surface area contributed by atoms with Crippen LogP contribution in [0.25, 0.3) is 0 Å². The first kappa shape index (κ1) is 17.0. The molecule has 7 nitrogen and oxygen atoms in total. The molecule has 0 unspecified atom stereocenters. The number of nitrogens with one attached hydrogen (secondary N) is 1. The van der Waals surface area contributed by atoms with Crippen LogP contribution in [-0.4, -0.2) is 35.2 Å². The standard InChI is InChI=1S/C15H18N2O5S/c1-8-7-23-15(20)17(8)5-6-22-14(19)12-9(2)11(10(3)16-12)13(18)21-4/h7,16H,5-6H2,1-4H3. The molecule has 23 heavy (non-hydrogen) atoms. The maximum Gasteiger partial charge on any atom is 0.355 e. The molecule has 0 atom stereocenters. The number of aryl methyl sites for hydroxylation is 2. The number of thiazole rings is 1. The number of H-pyrrole nitrogens is 1. The highest BCUT2D eigenvalue weighted by Gasteiger charge is 2.23. The minimum atomic E-state index is -0.568. The number of hydrogen-bond donors (Lipinski definition) is 1. The molecule has 2 heterocycles. The summed E-state index contributed by atoms with van der Waals surface area (Å²) in [5.74, 6) is -1.07. The average molecular weight is 338 g/mol. The van der Waals surface area contributed by atoms with Gasteiger partial charge in [0.25, 0.3) is 0 Å². The predicted octanol–water partition coefficient (Wildman–Crippen LogP) is 1.81. The fraction of sp³-hybridized carbons (Fsp3) is 0.400. The lowest BCUT2D eigenvalue weighted by Gasteiger charge is -2.06. The van der Waals surface area contributed by atoms with Gasteiger partial charge in [0, 0.05) is 16.8 Å². The highest BCUT2D eigenvalue weighted by molar-refractivity contribution is 7.07. The summed E-state index contributed by atoms with van der Waals surface area (Å²) in [7, 11) is 1.28. The van der Waals surface area contributed by atoms with Gasteiger partial charge in [0.05, 0.1) is 19.2 Å². The van der Waals surface area contributed by atoms with Crippen LogP contribution in [0.5, 0.6) is 0 Å². The van der Waals surface area contributed by atoms with Gasteiger partial charge in [0.15, 0.2) is 0 Å². The molecule has 124 valence electrons. The zero-order chi connectivity index (χ0) is 17.1. The highest BCUT2D eigenvalue weighted by Crippen LogP contribution is 2.19. The van der Waals surface area contributed by atoms with Gasteiger partial charge in [-0.2, -0.15) is 0 Å². The van der Waals surface area contributed by atoms with Gasteiger partial charge in [-0.3, -0.25) is 9.36 Å². The third kappa shape index (κ3) is 3.37. The van der Waals surface area contributed by atoms with E-state index in [1.54, 1.807) is 23.8 Å². The lowest BCUT2D eigenvalue weighted by molar-refractivity contribution is 0.0483. The van der Waals surface area contributed by atoms with E-state index in [1.165, 1.54) is 7.11 Å². The molecular formula is C15H18N2O5S. The zero-order valence-corrected chi connectivity index (χ0v) is 14.2. The Kier molecular flexibility index (Phi) is 5.05. The Morgan fingerprint density at radius 2 is 1.96 bits per heavy atom. The van der Waals surface area contributed by atoms with Crippen molar-refractivity contribution in [3.63, 3.8) is 0 Å². The molecule has 0 bridgehead atoms. The van der Waals surface area contributed by atoms with E-state index in [0.29, 0.717) is 23.4 Å². The Morgan fingerprint density at radius 1 is 1.26 bits per heavy atom. The minimum absolute atomic E-state index is 0.0708. The van der Waals surface area contributed by atoms with Crippen molar-refractivity contribution in [1.82, 2.24) is 9.55 Å². The first-order chi connectivity index (χ1) is 10.9. The molecule has 0 amide bonds. The smallest absolute Gasteiger partial charge is 0.355 e. The second-order valence-corrected chi connectivity index (χ2v) is 5.87. The molecule has 0 saturated heterocycles. The molecule has 0 saturated carbocycles. The number of ether oxygens (including phenoxy) is 2. The van der Waals surface area contributed by atoms with Gasteiger partial charge in [0.2, 0.25) is 0 Å². The van der Waals surface area contributed by atoms with Crippen molar-refractivity contribution in [3.05, 3.63) is 43.3 Å². The number of carbonyl (C=O) groups is 2. The lowest BCUT2D eigenvalue weighted by atomic mass is 10.1. The number of rotatable bonds is 5. The van der Waals surface area contributed by atoms with Crippen molar-refractivity contribution in [3.8, 4) is 0 Å². The molecule has 2 aromatic rings. The molecular weight excluding hydrogens is 320 g/mol. The Labute approximate surface area is 136 Å². The van der Waals surface area contributed by atoms with E-state index >= 15 is 0 Å². The van der Waals surface area contributed by atoms with E-state index in [1.807, 2.05) is 6.92 Å². The van der Waals surface area contributed by atoms with Crippen LogP contribution in [0.15, 0.2) is 10.2 Å². The van der Waals surface area contributed by atoms with Crippen molar-refractivity contribution in [2.24, 2.45) is 0 Å². The Hall–Kier alpha value is -2.35. The molecule has 0 aromatic carbocycles. The fourth-order valence-corrected chi connectivity index (χ4v) is 3.10. The maximum absolute atomic E-state index is 12.1. The van der Waals surface area contributed by atoms with Crippen molar-refractivity contribution >= 4 is 23.3 Å². The van der Waals surface area contributed by atoms with Crippen LogP contribution in [-0.2, 0) is 16.0 Å². The second-order valence-electron chi connectivity index (χ2n) is 5.05. The molecule has 1 N–H and O–H groups in total. The van der Waals surface area contributed by atoms with E-state index in [2.05, 4.69) is 4.98 Å². The highest BCUT2D eigenvalue weighted by atomic mass is 32.1. The van der Waals surface area contributed by atoms with Crippen LogP contribution in [0.2, 0.25) is 0 Å². The summed E-state index contributed by atoms with van der Waals surface area (Å²) in [5.41, 5.74) is 2.42. The second kappa shape index (κ2) is 6.82. The molecule has 2 rings (SSSR count). The van der Waals surface area contributed by atoms with E-state index in [-0.39, 0.29) is 17.2 Å². The fourth-order valence-electron chi connectivity index (χ4n) is 2.34. The topological polar surface area (TPSA) is 90.4 Å². The molecule has 0 fully saturated rings. The van der Waals surface area contributed by atoms with Crippen LogP contribution in [0.4, 0.5) is 0 Å². The summed E-state index contributed by atoms with van der Waals surface area (Å²) in [5, 5.41) is 1.76. The number of methoxy groups -OCH3 is 1. The van der Waals surface area contributed by atoms with E-state index < -0.39 is 11.9 Å². The maximum atomic E-state index is 12.1. The van der Waals surface area contributed by atoms with E-state index in [4.69, 9.17) is 9.47 Å². The lowest BCUT2D eigenvalue weighted by Crippen LogP contribution is -2.20. The largest absolute Gasteiger partial charge is 0.465 e. The molecule has 0 aliphatic rings. The molecule has 0 spiro atoms. The van der Waals surface area contributed by atoms with Crippen molar-refractivity contribution in [2.75, 3.05) is 13.7 Å². The van der Waals surface area contributed by atoms with E-state index in [0.717, 1.165) is 17.0 Å². The van der Waals surface area contributed by atoms with Gasteiger partial charge in [-0.15, -0.1) is 0 Å². The first-order valence-electron chi connectivity index (χ1n) is 6.96. The minimum Gasteiger partial charge on any atom is -0.465 e. The summed E-state index contributed by atoms with van der Waals surface area (Å²) < 4.78 is 11.4. The number of esters is 2. The van der Waals surface area contributed by atoms with Gasteiger partial charge in [-0.25, -0.2) is 9.59 Å². The molecule has 2 aromatic heterocycles. The summed E-state index contributed by atoms with van der Waals surface area (Å²) in [6, 6.07) is 0. The van der Waals surface area contributed by atoms with Gasteiger partial charge >= 0.3 is 16.8 Å². The summed E-state index contributed by atoms with van der Waals surface area (Å²) in [6.45, 7) is 5.52. The van der Waals surface area contributed by atoms with Crippen LogP contribution in [0, 0.1) is 20.8 Å². The van der Waals surface area contributed by atoms with Crippen molar-refractivity contribution < 1.29 is 19.1 Å². The van der Waals surface area contributed by atoms with Gasteiger partial charge in [-0.1, -0.05) is 11.3 Å². The van der Waals surface area contributed by atoms with Crippen molar-refractivity contribution in [2.45, 2.75) is 27.3 Å². The van der Waals surface area contributed by atoms with Crippen molar-refractivity contribution in [1.29, 1.82) is 0 Å². The Bertz CT molecular complexity index is 799. The Balaban J connectivity index is 2.07. The van der Waals surface area contributed by atoms with Crippen LogP contribution < -0.4 is 4.87 Å². The third-order valence-electron chi connectivity index (χ3n) is 3.56. The third-order valence-corrected chi connectivity index (χ3v) is 4.44. The molecule has 8 heteroatoms. The number of aromatic nitrogens is 2. The number of hydrogen-bond acceptors (Lipinski definition) is 6. The Morgan fingerprint density at radius 3 is 2.52 bits per heavy atom. The average Bonchev–Trinajstić information content (AvgIpc) is 2.99. The van der Waals surface area contributed by atoms with Crippen LogP contribution in [0.1, 0.15) is 37.8 Å². The molecule has 0 radical (unpaired) electrons. The number of aromatic amines is 1. The van der Waals surface area contributed by atoms with Gasteiger partial charge in [-0.05, 0) is 26.3 Å². The monoisotopic (exact) mass is 338 g/mol. The molecule has 0 aliphatic heterocycles. The van der Waals surface area contributed by atoms with Gasteiger partial charge in [0.1, 0.15) is 12.3 Å². The van der Waals surface area contributed by atoms with Gasteiger partial charge < -0.3 is 14.5 Å². The normalized spacial score (nSPS) is 10.6. The predicted molar refractivity (Wildman–Crippen MR) is 85.2 cm³/mol. The van der Waals surface area contributed by atoms with E-state index in [9.17, 15) is 14.4 Å². The first-order valence-corrected chi connectivity index (χ1v) is 7.84. The summed E-state index contributed by atoms with van der Waals surface area (Å²) >= 11 is 1.11. The zero-order valence-electron chi connectivity index (χ0n) is 13.4.